The zero-order chi connectivity index (χ0) is 23.0. The average Bonchev–Trinajstić information content (AvgIpc) is 3.43. The monoisotopic (exact) mass is 454 g/mol. The maximum atomic E-state index is 13.4. The van der Waals surface area contributed by atoms with Gasteiger partial charge in [-0.2, -0.15) is 5.10 Å². The summed E-state index contributed by atoms with van der Waals surface area (Å²) in [5.41, 5.74) is 3.95. The minimum atomic E-state index is -2.66. The first-order valence-electron chi connectivity index (χ1n) is 11.6. The molecule has 1 aromatic carbocycles. The van der Waals surface area contributed by atoms with E-state index in [4.69, 9.17) is 0 Å². The number of carbonyl (C=O) groups excluding carboxylic acids is 1. The van der Waals surface area contributed by atoms with E-state index in [9.17, 15) is 13.6 Å². The smallest absolute Gasteiger partial charge is 0.248 e. The highest BCUT2D eigenvalue weighted by Gasteiger charge is 2.37. The SMILES string of the molecule is Cn1ncc(-c2ccc3cnc(NC(=O)C4CCC(F)(F)CC4)nc3c2)c1CN1CCCC1. The van der Waals surface area contributed by atoms with Crippen LogP contribution in [0.3, 0.4) is 0 Å². The summed E-state index contributed by atoms with van der Waals surface area (Å²) in [6, 6.07) is 5.99. The van der Waals surface area contributed by atoms with Gasteiger partial charge in [0, 0.05) is 49.5 Å². The predicted octanol–water partition coefficient (Wildman–Crippen LogP) is 4.39. The van der Waals surface area contributed by atoms with Crippen molar-refractivity contribution in [1.29, 1.82) is 0 Å². The molecule has 2 aliphatic rings. The van der Waals surface area contributed by atoms with Crippen molar-refractivity contribution in [3.05, 3.63) is 36.3 Å². The Hall–Kier alpha value is -2.94. The molecule has 0 atom stereocenters. The number of nitrogens with zero attached hydrogens (tertiary/aromatic N) is 5. The topological polar surface area (TPSA) is 75.9 Å². The number of hydrogen-bond acceptors (Lipinski definition) is 5. The molecule has 0 unspecified atom stereocenters. The molecule has 0 radical (unpaired) electrons. The maximum Gasteiger partial charge on any atom is 0.248 e. The van der Waals surface area contributed by atoms with Gasteiger partial charge < -0.3 is 0 Å². The van der Waals surface area contributed by atoms with Crippen LogP contribution in [0.5, 0.6) is 0 Å². The first-order valence-corrected chi connectivity index (χ1v) is 11.6. The predicted molar refractivity (Wildman–Crippen MR) is 122 cm³/mol. The number of aryl methyl sites for hydroxylation is 1. The van der Waals surface area contributed by atoms with E-state index >= 15 is 0 Å². The number of amides is 1. The second-order valence-electron chi connectivity index (χ2n) is 9.20. The number of alkyl halides is 2. The first kappa shape index (κ1) is 21.9. The van der Waals surface area contributed by atoms with E-state index in [1.54, 1.807) is 6.20 Å². The molecule has 2 aromatic heterocycles. The van der Waals surface area contributed by atoms with Crippen molar-refractivity contribution >= 4 is 22.8 Å². The molecule has 3 heterocycles. The van der Waals surface area contributed by atoms with Crippen molar-refractivity contribution in [2.24, 2.45) is 13.0 Å². The van der Waals surface area contributed by atoms with E-state index in [0.29, 0.717) is 5.52 Å². The molecule has 7 nitrogen and oxygen atoms in total. The van der Waals surface area contributed by atoms with Gasteiger partial charge in [-0.15, -0.1) is 0 Å². The molecule has 1 aliphatic heterocycles. The first-order chi connectivity index (χ1) is 15.9. The van der Waals surface area contributed by atoms with Crippen LogP contribution in [0.25, 0.3) is 22.0 Å². The van der Waals surface area contributed by atoms with Gasteiger partial charge in [0.15, 0.2) is 0 Å². The van der Waals surface area contributed by atoms with Gasteiger partial charge in [-0.1, -0.05) is 12.1 Å². The van der Waals surface area contributed by atoms with E-state index in [-0.39, 0.29) is 37.5 Å². The Labute approximate surface area is 191 Å². The molecule has 9 heteroatoms. The van der Waals surface area contributed by atoms with Crippen LogP contribution in [0.2, 0.25) is 0 Å². The van der Waals surface area contributed by atoms with E-state index in [2.05, 4.69) is 25.3 Å². The molecule has 0 bridgehead atoms. The fourth-order valence-electron chi connectivity index (χ4n) is 4.81. The van der Waals surface area contributed by atoms with Gasteiger partial charge in [0.1, 0.15) is 0 Å². The highest BCUT2D eigenvalue weighted by molar-refractivity contribution is 5.92. The molecule has 1 N–H and O–H groups in total. The number of likely N-dealkylation sites (tertiary alicyclic amines) is 1. The lowest BCUT2D eigenvalue weighted by Gasteiger charge is -2.27. The Balaban J connectivity index is 1.36. The van der Waals surface area contributed by atoms with E-state index in [0.717, 1.165) is 41.8 Å². The Morgan fingerprint density at radius 1 is 1.18 bits per heavy atom. The summed E-state index contributed by atoms with van der Waals surface area (Å²) < 4.78 is 28.7. The highest BCUT2D eigenvalue weighted by Crippen LogP contribution is 2.36. The van der Waals surface area contributed by atoms with Crippen LogP contribution in [0.15, 0.2) is 30.6 Å². The standard InChI is InChI=1S/C24H28F2N6O/c1-31-21(15-32-10-2-3-11-32)19(14-28-31)17-4-5-18-13-27-23(29-20(18)12-17)30-22(33)16-6-8-24(25,26)9-7-16/h4-5,12-14,16H,2-3,6-11,15H2,1H3,(H,27,29,30,33). The Morgan fingerprint density at radius 2 is 1.94 bits per heavy atom. The quantitative estimate of drug-likeness (QED) is 0.619. The van der Waals surface area contributed by atoms with Crippen LogP contribution >= 0.6 is 0 Å². The molecule has 1 saturated carbocycles. The summed E-state index contributed by atoms with van der Waals surface area (Å²) in [6.07, 6.45) is 5.88. The zero-order valence-electron chi connectivity index (χ0n) is 18.7. The molecule has 2 fully saturated rings. The summed E-state index contributed by atoms with van der Waals surface area (Å²) in [4.78, 5) is 23.8. The van der Waals surface area contributed by atoms with Crippen molar-refractivity contribution in [3.8, 4) is 11.1 Å². The summed E-state index contributed by atoms with van der Waals surface area (Å²) in [5, 5.41) is 8.07. The number of rotatable bonds is 5. The fourth-order valence-corrected chi connectivity index (χ4v) is 4.81. The summed E-state index contributed by atoms with van der Waals surface area (Å²) in [7, 11) is 1.97. The second-order valence-corrected chi connectivity index (χ2v) is 9.20. The number of carbonyl (C=O) groups is 1. The van der Waals surface area contributed by atoms with Crippen molar-refractivity contribution in [2.75, 3.05) is 18.4 Å². The van der Waals surface area contributed by atoms with Crippen molar-refractivity contribution in [3.63, 3.8) is 0 Å². The maximum absolute atomic E-state index is 13.4. The summed E-state index contributed by atoms with van der Waals surface area (Å²) in [6.45, 7) is 3.07. The van der Waals surface area contributed by atoms with E-state index in [1.807, 2.05) is 36.1 Å². The third-order valence-corrected chi connectivity index (χ3v) is 6.85. The fraction of sp³-hybridized carbons (Fsp3) is 0.500. The largest absolute Gasteiger partial charge is 0.298 e. The Morgan fingerprint density at radius 3 is 2.70 bits per heavy atom. The Bertz CT molecular complexity index is 1160. The van der Waals surface area contributed by atoms with Gasteiger partial charge in [0.25, 0.3) is 0 Å². The van der Waals surface area contributed by atoms with Crippen molar-refractivity contribution in [1.82, 2.24) is 24.6 Å². The molecular formula is C24H28F2N6O. The molecule has 0 spiro atoms. The molecule has 5 rings (SSSR count). The van der Waals surface area contributed by atoms with Gasteiger partial charge in [-0.3, -0.25) is 19.7 Å². The van der Waals surface area contributed by atoms with Crippen LogP contribution in [-0.2, 0) is 18.4 Å². The molecule has 33 heavy (non-hydrogen) atoms. The molecule has 1 saturated heterocycles. The minimum absolute atomic E-state index is 0.178. The molecule has 1 amide bonds. The average molecular weight is 455 g/mol. The second kappa shape index (κ2) is 8.78. The number of anilines is 1. The third kappa shape index (κ3) is 4.73. The van der Waals surface area contributed by atoms with Crippen LogP contribution in [0.4, 0.5) is 14.7 Å². The lowest BCUT2D eigenvalue weighted by molar-refractivity contribution is -0.124. The highest BCUT2D eigenvalue weighted by atomic mass is 19.3. The summed E-state index contributed by atoms with van der Waals surface area (Å²) >= 11 is 0. The molecular weight excluding hydrogens is 426 g/mol. The van der Waals surface area contributed by atoms with E-state index < -0.39 is 11.8 Å². The van der Waals surface area contributed by atoms with Gasteiger partial charge in [0.05, 0.1) is 17.4 Å². The van der Waals surface area contributed by atoms with Gasteiger partial charge >= 0.3 is 0 Å². The van der Waals surface area contributed by atoms with Gasteiger partial charge in [0.2, 0.25) is 17.8 Å². The van der Waals surface area contributed by atoms with E-state index in [1.165, 1.54) is 12.8 Å². The molecule has 3 aromatic rings. The van der Waals surface area contributed by atoms with Crippen LogP contribution in [-0.4, -0.2) is 49.6 Å². The molecule has 1 aliphatic carbocycles. The zero-order valence-corrected chi connectivity index (χ0v) is 18.7. The van der Waals surface area contributed by atoms with Crippen molar-refractivity contribution in [2.45, 2.75) is 51.0 Å². The number of halogens is 2. The normalized spacial score (nSPS) is 19.2. The lowest BCUT2D eigenvalue weighted by Crippen LogP contribution is -2.32. The van der Waals surface area contributed by atoms with Crippen LogP contribution in [0.1, 0.15) is 44.2 Å². The number of nitrogens with one attached hydrogen (secondary N) is 1. The number of hydrogen-bond donors (Lipinski definition) is 1. The number of aromatic nitrogens is 4. The molecule has 174 valence electrons. The minimum Gasteiger partial charge on any atom is -0.298 e. The van der Waals surface area contributed by atoms with Gasteiger partial charge in [-0.25, -0.2) is 18.7 Å². The number of fused-ring (bicyclic) bond motifs is 1. The Kier molecular flexibility index (Phi) is 5.82. The van der Waals surface area contributed by atoms with Crippen LogP contribution in [0, 0.1) is 5.92 Å². The van der Waals surface area contributed by atoms with Crippen LogP contribution < -0.4 is 5.32 Å². The third-order valence-electron chi connectivity index (χ3n) is 6.85. The number of benzene rings is 1. The lowest BCUT2D eigenvalue weighted by atomic mass is 9.86. The van der Waals surface area contributed by atoms with Crippen molar-refractivity contribution < 1.29 is 13.6 Å². The van der Waals surface area contributed by atoms with Gasteiger partial charge in [-0.05, 0) is 50.4 Å². The summed E-state index contributed by atoms with van der Waals surface area (Å²) in [5.74, 6) is -3.18.